The van der Waals surface area contributed by atoms with Gasteiger partial charge < -0.3 is 9.80 Å². The molecule has 2 heteroatoms. The minimum absolute atomic E-state index is 0.704. The first-order valence-corrected chi connectivity index (χ1v) is 7.51. The van der Waals surface area contributed by atoms with Gasteiger partial charge in [-0.15, -0.1) is 0 Å². The number of likely N-dealkylation sites (N-methyl/N-ethyl adjacent to an activating group) is 1. The quantitative estimate of drug-likeness (QED) is 0.725. The van der Waals surface area contributed by atoms with Crippen LogP contribution in [-0.4, -0.2) is 39.3 Å². The van der Waals surface area contributed by atoms with Gasteiger partial charge in [0, 0.05) is 6.42 Å². The SMILES string of the molecule is CC[NH+]1CC[NH+](CC[C@H](C)c2ccccc2)CC1. The first-order valence-electron chi connectivity index (χ1n) is 7.51. The highest BCUT2D eigenvalue weighted by Crippen LogP contribution is 2.16. The summed E-state index contributed by atoms with van der Waals surface area (Å²) in [5, 5.41) is 0. The Morgan fingerprint density at radius 2 is 1.61 bits per heavy atom. The zero-order valence-corrected chi connectivity index (χ0v) is 11.9. The van der Waals surface area contributed by atoms with Crippen LogP contribution >= 0.6 is 0 Å². The third-order valence-corrected chi connectivity index (χ3v) is 4.46. The third kappa shape index (κ3) is 3.82. The summed E-state index contributed by atoms with van der Waals surface area (Å²) in [5.74, 6) is 0.704. The summed E-state index contributed by atoms with van der Waals surface area (Å²) >= 11 is 0. The fraction of sp³-hybridized carbons (Fsp3) is 0.625. The number of quaternary nitrogens is 2. The predicted octanol–water partition coefficient (Wildman–Crippen LogP) is -0.0165. The average molecular weight is 248 g/mol. The van der Waals surface area contributed by atoms with Crippen molar-refractivity contribution in [2.24, 2.45) is 0 Å². The summed E-state index contributed by atoms with van der Waals surface area (Å²) in [6, 6.07) is 10.9. The van der Waals surface area contributed by atoms with Crippen molar-refractivity contribution in [1.29, 1.82) is 0 Å². The molecule has 0 amide bonds. The van der Waals surface area contributed by atoms with Crippen LogP contribution in [0.25, 0.3) is 0 Å². The molecule has 0 unspecified atom stereocenters. The summed E-state index contributed by atoms with van der Waals surface area (Å²) in [5.41, 5.74) is 1.50. The number of nitrogens with one attached hydrogen (secondary N) is 2. The second-order valence-electron chi connectivity index (χ2n) is 5.70. The highest BCUT2D eigenvalue weighted by Gasteiger charge is 2.21. The minimum Gasteiger partial charge on any atom is -0.326 e. The largest absolute Gasteiger partial charge is 0.326 e. The summed E-state index contributed by atoms with van der Waals surface area (Å²) < 4.78 is 0. The zero-order chi connectivity index (χ0) is 12.8. The van der Waals surface area contributed by atoms with E-state index in [1.165, 1.54) is 51.3 Å². The molecule has 1 heterocycles. The molecule has 0 aliphatic carbocycles. The van der Waals surface area contributed by atoms with E-state index in [1.807, 2.05) is 4.90 Å². The van der Waals surface area contributed by atoms with Crippen LogP contribution in [0.4, 0.5) is 0 Å². The third-order valence-electron chi connectivity index (χ3n) is 4.46. The maximum Gasteiger partial charge on any atom is 0.127 e. The van der Waals surface area contributed by atoms with E-state index in [0.717, 1.165) is 0 Å². The lowest BCUT2D eigenvalue weighted by atomic mass is 9.97. The average Bonchev–Trinajstić information content (AvgIpc) is 2.46. The van der Waals surface area contributed by atoms with Gasteiger partial charge in [-0.05, 0) is 18.4 Å². The van der Waals surface area contributed by atoms with Gasteiger partial charge in [-0.3, -0.25) is 0 Å². The molecule has 18 heavy (non-hydrogen) atoms. The molecule has 2 rings (SSSR count). The van der Waals surface area contributed by atoms with Crippen molar-refractivity contribution in [3.8, 4) is 0 Å². The van der Waals surface area contributed by atoms with Gasteiger partial charge >= 0.3 is 0 Å². The highest BCUT2D eigenvalue weighted by molar-refractivity contribution is 5.18. The van der Waals surface area contributed by atoms with Crippen LogP contribution in [0, 0.1) is 0 Å². The smallest absolute Gasteiger partial charge is 0.127 e. The first-order chi connectivity index (χ1) is 8.79. The Morgan fingerprint density at radius 1 is 1.00 bits per heavy atom. The summed E-state index contributed by atoms with van der Waals surface area (Å²) in [6.07, 6.45) is 1.32. The predicted molar refractivity (Wildman–Crippen MR) is 76.3 cm³/mol. The Kier molecular flexibility index (Phi) is 5.21. The minimum atomic E-state index is 0.704. The van der Waals surface area contributed by atoms with Crippen LogP contribution in [0.15, 0.2) is 30.3 Å². The van der Waals surface area contributed by atoms with Gasteiger partial charge in [-0.1, -0.05) is 37.3 Å². The number of hydrogen-bond donors (Lipinski definition) is 2. The Morgan fingerprint density at radius 3 is 2.22 bits per heavy atom. The van der Waals surface area contributed by atoms with E-state index < -0.39 is 0 Å². The summed E-state index contributed by atoms with van der Waals surface area (Å²) in [7, 11) is 0. The lowest BCUT2D eigenvalue weighted by Crippen LogP contribution is -3.28. The molecule has 1 aliphatic heterocycles. The number of rotatable bonds is 5. The fourth-order valence-corrected chi connectivity index (χ4v) is 2.93. The van der Waals surface area contributed by atoms with Crippen LogP contribution < -0.4 is 9.80 Å². The molecule has 2 nitrogen and oxygen atoms in total. The molecule has 0 bridgehead atoms. The molecule has 1 saturated heterocycles. The second kappa shape index (κ2) is 6.91. The van der Waals surface area contributed by atoms with Crippen molar-refractivity contribution in [2.45, 2.75) is 26.2 Å². The van der Waals surface area contributed by atoms with Crippen molar-refractivity contribution in [2.75, 3.05) is 39.3 Å². The lowest BCUT2D eigenvalue weighted by Gasteiger charge is -2.29. The van der Waals surface area contributed by atoms with Crippen LogP contribution in [0.5, 0.6) is 0 Å². The number of benzene rings is 1. The fourth-order valence-electron chi connectivity index (χ4n) is 2.93. The van der Waals surface area contributed by atoms with Gasteiger partial charge in [0.1, 0.15) is 26.2 Å². The lowest BCUT2D eigenvalue weighted by molar-refractivity contribution is -1.01. The maximum absolute atomic E-state index is 2.36. The standard InChI is InChI=1S/C16H26N2/c1-3-17-11-13-18(14-12-17)10-9-15(2)16-7-5-4-6-8-16/h4-8,15H,3,9-14H2,1-2H3/p+2/t15-/m0/s1. The normalized spacial score (nSPS) is 25.9. The van der Waals surface area contributed by atoms with Crippen molar-refractivity contribution in [3.63, 3.8) is 0 Å². The van der Waals surface area contributed by atoms with Gasteiger partial charge in [0.15, 0.2) is 0 Å². The topological polar surface area (TPSA) is 8.88 Å². The summed E-state index contributed by atoms with van der Waals surface area (Å²) in [4.78, 5) is 3.60. The summed E-state index contributed by atoms with van der Waals surface area (Å²) in [6.45, 7) is 12.8. The molecular weight excluding hydrogens is 220 g/mol. The molecule has 0 spiro atoms. The van der Waals surface area contributed by atoms with Crippen molar-refractivity contribution in [3.05, 3.63) is 35.9 Å². The van der Waals surface area contributed by atoms with Gasteiger partial charge in [0.2, 0.25) is 0 Å². The van der Waals surface area contributed by atoms with Crippen LogP contribution in [-0.2, 0) is 0 Å². The molecule has 1 atom stereocenters. The molecule has 100 valence electrons. The molecule has 0 aromatic heterocycles. The van der Waals surface area contributed by atoms with Crippen LogP contribution in [0.1, 0.15) is 31.7 Å². The Hall–Kier alpha value is -0.860. The highest BCUT2D eigenvalue weighted by atomic mass is 15.3. The van der Waals surface area contributed by atoms with E-state index in [-0.39, 0.29) is 0 Å². The van der Waals surface area contributed by atoms with E-state index in [4.69, 9.17) is 0 Å². The maximum atomic E-state index is 2.36. The Labute approximate surface area is 112 Å². The molecule has 1 fully saturated rings. The van der Waals surface area contributed by atoms with Gasteiger partial charge in [-0.2, -0.15) is 0 Å². The second-order valence-corrected chi connectivity index (χ2v) is 5.70. The number of hydrogen-bond acceptors (Lipinski definition) is 0. The van der Waals surface area contributed by atoms with E-state index in [1.54, 1.807) is 4.90 Å². The van der Waals surface area contributed by atoms with Crippen LogP contribution in [0.3, 0.4) is 0 Å². The zero-order valence-electron chi connectivity index (χ0n) is 11.9. The van der Waals surface area contributed by atoms with Crippen molar-refractivity contribution < 1.29 is 9.80 Å². The van der Waals surface area contributed by atoms with Crippen molar-refractivity contribution >= 4 is 0 Å². The van der Waals surface area contributed by atoms with Gasteiger partial charge in [0.25, 0.3) is 0 Å². The van der Waals surface area contributed by atoms with Gasteiger partial charge in [0.05, 0.1) is 13.1 Å². The van der Waals surface area contributed by atoms with E-state index in [2.05, 4.69) is 44.2 Å². The number of piperazine rings is 1. The first kappa shape index (κ1) is 13.6. The van der Waals surface area contributed by atoms with Gasteiger partial charge in [-0.25, -0.2) is 0 Å². The van der Waals surface area contributed by atoms with E-state index in [9.17, 15) is 0 Å². The molecule has 1 aromatic rings. The van der Waals surface area contributed by atoms with Crippen molar-refractivity contribution in [1.82, 2.24) is 0 Å². The molecule has 0 saturated carbocycles. The molecule has 1 aliphatic rings. The Bertz CT molecular complexity index is 328. The molecule has 1 aromatic carbocycles. The Balaban J connectivity index is 1.72. The molecule has 0 radical (unpaired) electrons. The molecule has 2 N–H and O–H groups in total. The monoisotopic (exact) mass is 248 g/mol. The molecular formula is C16H28N2+2. The van der Waals surface area contributed by atoms with E-state index in [0.29, 0.717) is 5.92 Å². The van der Waals surface area contributed by atoms with E-state index >= 15 is 0 Å². The van der Waals surface area contributed by atoms with Crippen LogP contribution in [0.2, 0.25) is 0 Å².